The fourth-order valence-electron chi connectivity index (χ4n) is 2.19. The summed E-state index contributed by atoms with van der Waals surface area (Å²) < 4.78 is 11.0. The van der Waals surface area contributed by atoms with Crippen molar-refractivity contribution in [2.24, 2.45) is 0 Å². The topological polar surface area (TPSA) is 88.2 Å². The number of hydrogen-bond donors (Lipinski definition) is 2. The molecular weight excluding hydrogens is 294 g/mol. The molecule has 0 saturated carbocycles. The van der Waals surface area contributed by atoms with Crippen LogP contribution in [0, 0.1) is 5.41 Å². The minimum absolute atomic E-state index is 0.136. The fourth-order valence-corrected chi connectivity index (χ4v) is 2.19. The van der Waals surface area contributed by atoms with Gasteiger partial charge in [-0.05, 0) is 31.2 Å². The number of carbonyl (C=O) groups is 1. The number of nitrogens with one attached hydrogen (secondary N) is 2. The maximum absolute atomic E-state index is 12.3. The molecule has 0 atom stereocenters. The highest BCUT2D eigenvalue weighted by Gasteiger charge is 2.14. The number of nitrogens with zero attached hydrogens (tertiary/aromatic N) is 1. The molecule has 0 spiro atoms. The summed E-state index contributed by atoms with van der Waals surface area (Å²) in [5.41, 5.74) is 0.364. The summed E-state index contributed by atoms with van der Waals surface area (Å²) in [6.07, 6.45) is 1.58. The summed E-state index contributed by atoms with van der Waals surface area (Å²) in [4.78, 5) is 16.4. The normalized spacial score (nSPS) is 10.5. The van der Waals surface area contributed by atoms with E-state index in [1.54, 1.807) is 42.6 Å². The number of aromatic nitrogens is 1. The van der Waals surface area contributed by atoms with Crippen LogP contribution in [0.3, 0.4) is 0 Å². The van der Waals surface area contributed by atoms with Crippen molar-refractivity contribution in [2.75, 3.05) is 11.9 Å². The minimum atomic E-state index is -0.443. The van der Waals surface area contributed by atoms with Gasteiger partial charge in [-0.15, -0.1) is 0 Å². The van der Waals surface area contributed by atoms with Crippen molar-refractivity contribution in [3.05, 3.63) is 59.8 Å². The molecule has 0 bridgehead atoms. The summed E-state index contributed by atoms with van der Waals surface area (Å²) in [6, 6.07) is 12.2. The predicted molar refractivity (Wildman–Crippen MR) is 85.4 cm³/mol. The number of hydrogen-bond acceptors (Lipinski definition) is 5. The zero-order valence-electron chi connectivity index (χ0n) is 12.5. The van der Waals surface area contributed by atoms with Crippen LogP contribution in [0.4, 0.5) is 5.82 Å². The molecule has 0 aliphatic heterocycles. The number of ether oxygens (including phenoxy) is 1. The van der Waals surface area contributed by atoms with Crippen LogP contribution in [-0.2, 0) is 0 Å². The Morgan fingerprint density at radius 2 is 2.17 bits per heavy atom. The second kappa shape index (κ2) is 6.31. The molecule has 2 N–H and O–H groups in total. The zero-order valence-corrected chi connectivity index (χ0v) is 12.5. The second-order valence-electron chi connectivity index (χ2n) is 4.77. The summed E-state index contributed by atoms with van der Waals surface area (Å²) in [6.45, 7) is 2.36. The van der Waals surface area contributed by atoms with Crippen LogP contribution in [0.15, 0.2) is 53.1 Å². The molecule has 0 unspecified atom stereocenters. The maximum Gasteiger partial charge on any atom is 0.262 e. The monoisotopic (exact) mass is 309 g/mol. The summed E-state index contributed by atoms with van der Waals surface area (Å²) in [7, 11) is 0. The van der Waals surface area contributed by atoms with Gasteiger partial charge in [-0.25, -0.2) is 4.98 Å². The van der Waals surface area contributed by atoms with E-state index in [-0.39, 0.29) is 11.1 Å². The molecule has 1 amide bonds. The maximum atomic E-state index is 12.3. The third-order valence-electron chi connectivity index (χ3n) is 3.21. The van der Waals surface area contributed by atoms with E-state index < -0.39 is 5.91 Å². The molecule has 3 rings (SSSR count). The van der Waals surface area contributed by atoms with Gasteiger partial charge < -0.3 is 14.5 Å². The van der Waals surface area contributed by atoms with Crippen molar-refractivity contribution < 1.29 is 13.9 Å². The van der Waals surface area contributed by atoms with Gasteiger partial charge in [0.1, 0.15) is 11.4 Å². The van der Waals surface area contributed by atoms with Crippen LogP contribution in [0.25, 0.3) is 11.0 Å². The highest BCUT2D eigenvalue weighted by molar-refractivity contribution is 6.05. The molecule has 23 heavy (non-hydrogen) atoms. The van der Waals surface area contributed by atoms with Crippen molar-refractivity contribution in [3.63, 3.8) is 0 Å². The van der Waals surface area contributed by atoms with Crippen LogP contribution in [-0.4, -0.2) is 17.5 Å². The predicted octanol–water partition coefficient (Wildman–Crippen LogP) is 2.96. The van der Waals surface area contributed by atoms with E-state index >= 15 is 0 Å². The standard InChI is InChI=1S/C17H15N3O3/c1-2-22-13-7-5-6-11-10-12(16(18)23-15(11)13)17(21)20-14-8-3-4-9-19-14/h3-10,18H,2H2,1H3,(H,19,20,21). The van der Waals surface area contributed by atoms with Crippen LogP contribution < -0.4 is 15.6 Å². The molecule has 0 aliphatic carbocycles. The second-order valence-corrected chi connectivity index (χ2v) is 4.77. The van der Waals surface area contributed by atoms with Crippen LogP contribution >= 0.6 is 0 Å². The minimum Gasteiger partial charge on any atom is -0.490 e. The van der Waals surface area contributed by atoms with E-state index in [0.717, 1.165) is 0 Å². The number of carbonyl (C=O) groups excluding carboxylic acids is 1. The summed E-state index contributed by atoms with van der Waals surface area (Å²) in [5, 5.41) is 11.3. The third-order valence-corrected chi connectivity index (χ3v) is 3.21. The Kier molecular flexibility index (Phi) is 4.05. The average molecular weight is 309 g/mol. The molecule has 6 heteroatoms. The number of pyridine rings is 1. The Balaban J connectivity index is 2.00. The number of para-hydroxylation sites is 1. The first-order valence-corrected chi connectivity index (χ1v) is 7.15. The van der Waals surface area contributed by atoms with Crippen LogP contribution in [0.2, 0.25) is 0 Å². The summed E-state index contributed by atoms with van der Waals surface area (Å²) >= 11 is 0. The average Bonchev–Trinajstić information content (AvgIpc) is 2.56. The quantitative estimate of drug-likeness (QED) is 0.775. The van der Waals surface area contributed by atoms with Gasteiger partial charge in [0, 0.05) is 11.6 Å². The molecule has 3 aromatic rings. The smallest absolute Gasteiger partial charge is 0.262 e. The van der Waals surface area contributed by atoms with Crippen LogP contribution in [0.1, 0.15) is 17.3 Å². The van der Waals surface area contributed by atoms with E-state index in [1.807, 2.05) is 13.0 Å². The van der Waals surface area contributed by atoms with Crippen molar-refractivity contribution in [1.82, 2.24) is 4.98 Å². The zero-order chi connectivity index (χ0) is 16.2. The van der Waals surface area contributed by atoms with Gasteiger partial charge >= 0.3 is 0 Å². The first-order chi connectivity index (χ1) is 11.2. The SMILES string of the molecule is CCOc1cccc2cc(C(=O)Nc3ccccn3)c(=N)oc12. The molecule has 6 nitrogen and oxygen atoms in total. The Labute approximate surface area is 132 Å². The van der Waals surface area contributed by atoms with E-state index in [4.69, 9.17) is 14.6 Å². The molecule has 0 saturated heterocycles. The highest BCUT2D eigenvalue weighted by Crippen LogP contribution is 2.25. The summed E-state index contributed by atoms with van der Waals surface area (Å²) in [5.74, 6) is 0.524. The number of rotatable bonds is 4. The number of amides is 1. The Hall–Kier alpha value is -3.15. The van der Waals surface area contributed by atoms with Crippen molar-refractivity contribution in [3.8, 4) is 5.75 Å². The van der Waals surface area contributed by atoms with Gasteiger partial charge in [0.05, 0.1) is 6.61 Å². The first kappa shape index (κ1) is 14.8. The molecule has 0 fully saturated rings. The van der Waals surface area contributed by atoms with Crippen molar-refractivity contribution in [2.45, 2.75) is 6.92 Å². The molecule has 2 aromatic heterocycles. The van der Waals surface area contributed by atoms with Gasteiger partial charge in [0.25, 0.3) is 5.91 Å². The molecule has 2 heterocycles. The van der Waals surface area contributed by atoms with Crippen molar-refractivity contribution >= 4 is 22.7 Å². The highest BCUT2D eigenvalue weighted by atomic mass is 16.5. The van der Waals surface area contributed by atoms with E-state index in [2.05, 4.69) is 10.3 Å². The molecular formula is C17H15N3O3. The number of fused-ring (bicyclic) bond motifs is 1. The van der Waals surface area contributed by atoms with E-state index in [0.29, 0.717) is 29.1 Å². The van der Waals surface area contributed by atoms with Crippen LogP contribution in [0.5, 0.6) is 5.75 Å². The third kappa shape index (κ3) is 3.06. The Morgan fingerprint density at radius 3 is 2.91 bits per heavy atom. The Bertz CT molecular complexity index is 904. The molecule has 116 valence electrons. The van der Waals surface area contributed by atoms with Gasteiger partial charge in [0.2, 0.25) is 5.55 Å². The van der Waals surface area contributed by atoms with E-state index in [1.165, 1.54) is 0 Å². The van der Waals surface area contributed by atoms with Gasteiger partial charge in [-0.1, -0.05) is 18.2 Å². The van der Waals surface area contributed by atoms with Crippen molar-refractivity contribution in [1.29, 1.82) is 5.41 Å². The van der Waals surface area contributed by atoms with Gasteiger partial charge in [-0.2, -0.15) is 0 Å². The molecule has 0 aliphatic rings. The van der Waals surface area contributed by atoms with Gasteiger partial charge in [-0.3, -0.25) is 10.2 Å². The first-order valence-electron chi connectivity index (χ1n) is 7.15. The largest absolute Gasteiger partial charge is 0.490 e. The fraction of sp³-hybridized carbons (Fsp3) is 0.118. The lowest BCUT2D eigenvalue weighted by atomic mass is 10.1. The molecule has 1 aromatic carbocycles. The Morgan fingerprint density at radius 1 is 1.30 bits per heavy atom. The van der Waals surface area contributed by atoms with E-state index in [9.17, 15) is 4.79 Å². The molecule has 0 radical (unpaired) electrons. The number of anilines is 1. The van der Waals surface area contributed by atoms with Gasteiger partial charge in [0.15, 0.2) is 11.3 Å². The number of benzene rings is 1. The lowest BCUT2D eigenvalue weighted by Crippen LogP contribution is -2.21. The lowest BCUT2D eigenvalue weighted by molar-refractivity contribution is 0.102. The lowest BCUT2D eigenvalue weighted by Gasteiger charge is -2.08.